The SMILES string of the molecule is Cc1c(NC(=O)c2coc(CN)c2)sc2c1CCCC2. The van der Waals surface area contributed by atoms with Crippen molar-refractivity contribution in [1.82, 2.24) is 0 Å². The van der Waals surface area contributed by atoms with Crippen molar-refractivity contribution in [3.05, 3.63) is 39.7 Å². The second kappa shape index (κ2) is 5.42. The van der Waals surface area contributed by atoms with Crippen molar-refractivity contribution < 1.29 is 9.21 Å². The Hall–Kier alpha value is -1.59. The third-order valence-electron chi connectivity index (χ3n) is 3.78. The maximum Gasteiger partial charge on any atom is 0.259 e. The minimum absolute atomic E-state index is 0.129. The smallest absolute Gasteiger partial charge is 0.259 e. The van der Waals surface area contributed by atoms with Gasteiger partial charge < -0.3 is 15.5 Å². The van der Waals surface area contributed by atoms with Gasteiger partial charge in [0.05, 0.1) is 17.1 Å². The number of fused-ring (bicyclic) bond motifs is 1. The lowest BCUT2D eigenvalue weighted by atomic mass is 9.96. The first-order valence-corrected chi connectivity index (χ1v) is 7.70. The summed E-state index contributed by atoms with van der Waals surface area (Å²) in [6, 6.07) is 1.69. The third kappa shape index (κ3) is 2.39. The standard InChI is InChI=1S/C15H18N2O2S/c1-9-12-4-2-3-5-13(12)20-15(9)17-14(18)10-6-11(7-16)19-8-10/h6,8H,2-5,7,16H2,1H3,(H,17,18). The number of carbonyl (C=O) groups excluding carboxylic acids is 1. The van der Waals surface area contributed by atoms with Gasteiger partial charge in [0.15, 0.2) is 0 Å². The molecule has 4 nitrogen and oxygen atoms in total. The van der Waals surface area contributed by atoms with Gasteiger partial charge in [-0.2, -0.15) is 0 Å². The lowest BCUT2D eigenvalue weighted by Gasteiger charge is -2.10. The van der Waals surface area contributed by atoms with Gasteiger partial charge in [0, 0.05) is 4.88 Å². The fraction of sp³-hybridized carbons (Fsp3) is 0.400. The summed E-state index contributed by atoms with van der Waals surface area (Å²) in [5, 5.41) is 3.97. The molecular weight excluding hydrogens is 272 g/mol. The highest BCUT2D eigenvalue weighted by Gasteiger charge is 2.20. The summed E-state index contributed by atoms with van der Waals surface area (Å²) in [6.07, 6.45) is 6.23. The lowest BCUT2D eigenvalue weighted by molar-refractivity contribution is 0.102. The van der Waals surface area contributed by atoms with Gasteiger partial charge >= 0.3 is 0 Å². The van der Waals surface area contributed by atoms with E-state index < -0.39 is 0 Å². The van der Waals surface area contributed by atoms with E-state index in [1.807, 2.05) is 0 Å². The molecule has 0 fully saturated rings. The van der Waals surface area contributed by atoms with Gasteiger partial charge in [0.2, 0.25) is 0 Å². The average Bonchev–Trinajstić information content (AvgIpc) is 3.05. The molecule has 0 atom stereocenters. The van der Waals surface area contributed by atoms with Crippen LogP contribution in [0.2, 0.25) is 0 Å². The molecule has 2 aromatic heterocycles. The van der Waals surface area contributed by atoms with Crippen LogP contribution in [0.5, 0.6) is 0 Å². The van der Waals surface area contributed by atoms with E-state index in [1.54, 1.807) is 17.4 Å². The van der Waals surface area contributed by atoms with E-state index in [9.17, 15) is 4.79 Å². The number of hydrogen-bond donors (Lipinski definition) is 2. The number of anilines is 1. The number of nitrogens with two attached hydrogens (primary N) is 1. The van der Waals surface area contributed by atoms with Crippen LogP contribution in [0.25, 0.3) is 0 Å². The molecule has 3 rings (SSSR count). The largest absolute Gasteiger partial charge is 0.467 e. The molecule has 0 spiro atoms. The van der Waals surface area contributed by atoms with Crippen LogP contribution in [0.4, 0.5) is 5.00 Å². The van der Waals surface area contributed by atoms with Gasteiger partial charge in [-0.1, -0.05) is 0 Å². The molecular formula is C15H18N2O2S. The Morgan fingerprint density at radius 1 is 1.45 bits per heavy atom. The molecule has 1 aliphatic carbocycles. The fourth-order valence-corrected chi connectivity index (χ4v) is 3.92. The number of rotatable bonds is 3. The molecule has 0 unspecified atom stereocenters. The maximum absolute atomic E-state index is 12.2. The van der Waals surface area contributed by atoms with Crippen LogP contribution in [0.15, 0.2) is 16.7 Å². The van der Waals surface area contributed by atoms with Gasteiger partial charge in [0.25, 0.3) is 5.91 Å². The Balaban J connectivity index is 1.80. The van der Waals surface area contributed by atoms with E-state index in [0.29, 0.717) is 17.9 Å². The van der Waals surface area contributed by atoms with Crippen LogP contribution >= 0.6 is 11.3 Å². The molecule has 0 aliphatic heterocycles. The molecule has 0 radical (unpaired) electrons. The predicted octanol–water partition coefficient (Wildman–Crippen LogP) is 3.24. The van der Waals surface area contributed by atoms with Crippen molar-refractivity contribution in [2.24, 2.45) is 5.73 Å². The topological polar surface area (TPSA) is 68.3 Å². The van der Waals surface area contributed by atoms with Gasteiger partial charge in [-0.25, -0.2) is 0 Å². The van der Waals surface area contributed by atoms with Gasteiger partial charge in [0.1, 0.15) is 12.0 Å². The highest BCUT2D eigenvalue weighted by atomic mass is 32.1. The second-order valence-corrected chi connectivity index (χ2v) is 6.23. The first-order valence-electron chi connectivity index (χ1n) is 6.89. The summed E-state index contributed by atoms with van der Waals surface area (Å²) in [5.74, 6) is 0.493. The van der Waals surface area contributed by atoms with Crippen LogP contribution in [-0.2, 0) is 19.4 Å². The molecule has 1 aliphatic rings. The Morgan fingerprint density at radius 3 is 2.95 bits per heavy atom. The molecule has 0 saturated heterocycles. The summed E-state index contributed by atoms with van der Waals surface area (Å²) >= 11 is 1.71. The summed E-state index contributed by atoms with van der Waals surface area (Å²) in [5.41, 5.74) is 8.67. The molecule has 20 heavy (non-hydrogen) atoms. The lowest BCUT2D eigenvalue weighted by Crippen LogP contribution is -2.10. The van der Waals surface area contributed by atoms with Crippen LogP contribution < -0.4 is 11.1 Å². The number of thiophene rings is 1. The highest BCUT2D eigenvalue weighted by molar-refractivity contribution is 7.16. The van der Waals surface area contributed by atoms with E-state index in [4.69, 9.17) is 10.2 Å². The van der Waals surface area contributed by atoms with Gasteiger partial charge in [-0.15, -0.1) is 11.3 Å². The van der Waals surface area contributed by atoms with Crippen LogP contribution in [-0.4, -0.2) is 5.91 Å². The molecule has 0 bridgehead atoms. The van der Waals surface area contributed by atoms with Crippen molar-refractivity contribution in [2.75, 3.05) is 5.32 Å². The molecule has 3 N–H and O–H groups in total. The first kappa shape index (κ1) is 13.4. The maximum atomic E-state index is 12.2. The van der Waals surface area contributed by atoms with Crippen molar-refractivity contribution in [3.8, 4) is 0 Å². The van der Waals surface area contributed by atoms with Crippen molar-refractivity contribution >= 4 is 22.2 Å². The quantitative estimate of drug-likeness (QED) is 0.911. The summed E-state index contributed by atoms with van der Waals surface area (Å²) in [7, 11) is 0. The van der Waals surface area contributed by atoms with E-state index in [-0.39, 0.29) is 5.91 Å². The molecule has 2 aromatic rings. The van der Waals surface area contributed by atoms with Crippen LogP contribution in [0, 0.1) is 6.92 Å². The predicted molar refractivity (Wildman–Crippen MR) is 80.3 cm³/mol. The summed E-state index contributed by atoms with van der Waals surface area (Å²) < 4.78 is 5.20. The molecule has 5 heteroatoms. The zero-order valence-corrected chi connectivity index (χ0v) is 12.3. The number of carbonyl (C=O) groups is 1. The van der Waals surface area contributed by atoms with Gasteiger partial charge in [-0.05, 0) is 49.8 Å². The van der Waals surface area contributed by atoms with Crippen molar-refractivity contribution in [3.63, 3.8) is 0 Å². The minimum atomic E-state index is -0.129. The second-order valence-electron chi connectivity index (χ2n) is 5.12. The Bertz CT molecular complexity index is 642. The average molecular weight is 290 g/mol. The van der Waals surface area contributed by atoms with Gasteiger partial charge in [-0.3, -0.25) is 4.79 Å². The number of aryl methyl sites for hydroxylation is 1. The number of amides is 1. The van der Waals surface area contributed by atoms with E-state index in [0.717, 1.165) is 17.8 Å². The molecule has 0 aromatic carbocycles. The summed E-state index contributed by atoms with van der Waals surface area (Å²) in [6.45, 7) is 2.40. The normalized spacial score (nSPS) is 14.1. The van der Waals surface area contributed by atoms with E-state index in [2.05, 4.69) is 12.2 Å². The van der Waals surface area contributed by atoms with E-state index in [1.165, 1.54) is 35.1 Å². The number of furan rings is 1. The molecule has 106 valence electrons. The van der Waals surface area contributed by atoms with Crippen LogP contribution in [0.1, 0.15) is 45.0 Å². The highest BCUT2D eigenvalue weighted by Crippen LogP contribution is 2.37. The Kier molecular flexibility index (Phi) is 3.63. The van der Waals surface area contributed by atoms with E-state index >= 15 is 0 Å². The van der Waals surface area contributed by atoms with Crippen molar-refractivity contribution in [2.45, 2.75) is 39.2 Å². The molecule has 0 saturated carbocycles. The third-order valence-corrected chi connectivity index (χ3v) is 5.09. The zero-order chi connectivity index (χ0) is 14.1. The molecule has 1 amide bonds. The fourth-order valence-electron chi connectivity index (χ4n) is 2.62. The zero-order valence-electron chi connectivity index (χ0n) is 11.5. The number of nitrogens with one attached hydrogen (secondary N) is 1. The monoisotopic (exact) mass is 290 g/mol. The van der Waals surface area contributed by atoms with Crippen LogP contribution in [0.3, 0.4) is 0 Å². The summed E-state index contributed by atoms with van der Waals surface area (Å²) in [4.78, 5) is 13.6. The Morgan fingerprint density at radius 2 is 2.25 bits per heavy atom. The first-order chi connectivity index (χ1) is 9.69. The molecule has 2 heterocycles. The Labute approximate surface area is 122 Å². The number of hydrogen-bond acceptors (Lipinski definition) is 4. The van der Waals surface area contributed by atoms with Crippen molar-refractivity contribution in [1.29, 1.82) is 0 Å². The minimum Gasteiger partial charge on any atom is -0.467 e.